The molecule has 0 aliphatic carbocycles. The van der Waals surface area contributed by atoms with Crippen LogP contribution in [0.4, 0.5) is 5.69 Å². The Kier molecular flexibility index (Phi) is 6.14. The molecule has 0 saturated carbocycles. The van der Waals surface area contributed by atoms with Crippen molar-refractivity contribution < 1.29 is 17.9 Å². The van der Waals surface area contributed by atoms with E-state index in [2.05, 4.69) is 5.32 Å². The molecule has 9 heteroatoms. The van der Waals surface area contributed by atoms with Crippen molar-refractivity contribution in [3.63, 3.8) is 0 Å². The van der Waals surface area contributed by atoms with Crippen LogP contribution < -0.4 is 10.7 Å². The van der Waals surface area contributed by atoms with Crippen LogP contribution in [0.3, 0.4) is 0 Å². The molecule has 1 saturated heterocycles. The zero-order valence-electron chi connectivity index (χ0n) is 18.0. The van der Waals surface area contributed by atoms with E-state index in [0.717, 1.165) is 11.2 Å². The summed E-state index contributed by atoms with van der Waals surface area (Å²) in [6.07, 6.45) is 0. The Morgan fingerprint density at radius 1 is 1.06 bits per heavy atom. The lowest BCUT2D eigenvalue weighted by molar-refractivity contribution is 0.0730. The molecule has 3 aromatic rings. The largest absolute Gasteiger partial charge is 0.379 e. The first-order valence-electron chi connectivity index (χ1n) is 10.4. The molecular formula is C23H25N3O5S. The van der Waals surface area contributed by atoms with Crippen LogP contribution in [0.25, 0.3) is 10.9 Å². The first kappa shape index (κ1) is 22.2. The van der Waals surface area contributed by atoms with E-state index in [0.29, 0.717) is 49.5 Å². The first-order chi connectivity index (χ1) is 15.3. The van der Waals surface area contributed by atoms with Crippen LogP contribution in [0.15, 0.2) is 58.2 Å². The average molecular weight is 456 g/mol. The number of pyridine rings is 1. The molecule has 0 unspecified atom stereocenters. The molecule has 168 valence electrons. The third-order valence-corrected chi connectivity index (χ3v) is 7.53. The molecule has 8 nitrogen and oxygen atoms in total. The normalized spacial score (nSPS) is 15.1. The van der Waals surface area contributed by atoms with Crippen LogP contribution in [0, 0.1) is 6.92 Å². The Morgan fingerprint density at radius 2 is 1.75 bits per heavy atom. The monoisotopic (exact) mass is 455 g/mol. The van der Waals surface area contributed by atoms with Crippen LogP contribution in [0.1, 0.15) is 23.0 Å². The molecule has 0 atom stereocenters. The molecule has 1 aliphatic heterocycles. The van der Waals surface area contributed by atoms with Gasteiger partial charge in [-0.2, -0.15) is 4.31 Å². The van der Waals surface area contributed by atoms with Crippen LogP contribution >= 0.6 is 0 Å². The number of fused-ring (bicyclic) bond motifs is 1. The summed E-state index contributed by atoms with van der Waals surface area (Å²) >= 11 is 0. The maximum absolute atomic E-state index is 12.8. The molecule has 0 bridgehead atoms. The summed E-state index contributed by atoms with van der Waals surface area (Å²) in [5, 5.41) is 3.25. The van der Waals surface area contributed by atoms with E-state index >= 15 is 0 Å². The number of rotatable bonds is 5. The van der Waals surface area contributed by atoms with E-state index in [1.54, 1.807) is 36.4 Å². The number of hydrogen-bond donors (Lipinski definition) is 1. The van der Waals surface area contributed by atoms with E-state index in [1.165, 1.54) is 16.4 Å². The van der Waals surface area contributed by atoms with Crippen molar-refractivity contribution in [1.82, 2.24) is 8.87 Å². The zero-order valence-corrected chi connectivity index (χ0v) is 18.8. The molecule has 1 amide bonds. The highest BCUT2D eigenvalue weighted by atomic mass is 32.2. The molecule has 0 spiro atoms. The quantitative estimate of drug-likeness (QED) is 0.638. The molecule has 1 aliphatic rings. The van der Waals surface area contributed by atoms with Crippen molar-refractivity contribution in [1.29, 1.82) is 0 Å². The summed E-state index contributed by atoms with van der Waals surface area (Å²) in [7, 11) is -3.60. The lowest BCUT2D eigenvalue weighted by Crippen LogP contribution is -2.40. The fraction of sp³-hybridized carbons (Fsp3) is 0.304. The number of morpholine rings is 1. The van der Waals surface area contributed by atoms with Crippen LogP contribution in [-0.4, -0.2) is 49.5 Å². The molecule has 4 rings (SSSR count). The summed E-state index contributed by atoms with van der Waals surface area (Å²) < 4.78 is 34.1. The maximum Gasteiger partial charge on any atom is 0.255 e. The van der Waals surface area contributed by atoms with Crippen molar-refractivity contribution in [2.24, 2.45) is 0 Å². The number of anilines is 1. The van der Waals surface area contributed by atoms with Gasteiger partial charge in [-0.1, -0.05) is 0 Å². The molecule has 0 radical (unpaired) electrons. The molecule has 2 heterocycles. The van der Waals surface area contributed by atoms with Crippen LogP contribution in [0.5, 0.6) is 0 Å². The number of aryl methyl sites for hydroxylation is 2. The van der Waals surface area contributed by atoms with Gasteiger partial charge in [0.15, 0.2) is 5.43 Å². The van der Waals surface area contributed by atoms with E-state index in [9.17, 15) is 18.0 Å². The number of amides is 1. The minimum atomic E-state index is -3.60. The number of sulfonamides is 1. The topological polar surface area (TPSA) is 97.7 Å². The van der Waals surface area contributed by atoms with E-state index in [1.807, 2.05) is 18.4 Å². The lowest BCUT2D eigenvalue weighted by Gasteiger charge is -2.26. The minimum Gasteiger partial charge on any atom is -0.379 e. The highest BCUT2D eigenvalue weighted by Gasteiger charge is 2.26. The molecule has 32 heavy (non-hydrogen) atoms. The fourth-order valence-electron chi connectivity index (χ4n) is 3.91. The second-order valence-corrected chi connectivity index (χ2v) is 9.56. The Hall–Kier alpha value is -3.01. The van der Waals surface area contributed by atoms with Crippen LogP contribution in [-0.2, 0) is 21.3 Å². The summed E-state index contributed by atoms with van der Waals surface area (Å²) in [4.78, 5) is 25.4. The van der Waals surface area contributed by atoms with Gasteiger partial charge >= 0.3 is 0 Å². The Morgan fingerprint density at radius 3 is 2.41 bits per heavy atom. The fourth-order valence-corrected chi connectivity index (χ4v) is 5.32. The standard InChI is InChI=1S/C23H25N3O5S/c1-3-26-16(2)14-22(27)20-15-17(4-9-21(20)26)23(28)24-18-5-7-19(8-6-18)32(29,30)25-10-12-31-13-11-25/h4-9,14-15H,3,10-13H2,1-2H3,(H,24,28). The average Bonchev–Trinajstić information content (AvgIpc) is 2.80. The summed E-state index contributed by atoms with van der Waals surface area (Å²) in [5.74, 6) is -0.376. The third-order valence-electron chi connectivity index (χ3n) is 5.62. The predicted molar refractivity (Wildman–Crippen MR) is 123 cm³/mol. The van der Waals surface area contributed by atoms with Gasteiger partial charge in [0.2, 0.25) is 10.0 Å². The highest BCUT2D eigenvalue weighted by Crippen LogP contribution is 2.21. The number of ether oxygens (including phenoxy) is 1. The van der Waals surface area contributed by atoms with Gasteiger partial charge < -0.3 is 14.6 Å². The molecular weight excluding hydrogens is 430 g/mol. The minimum absolute atomic E-state index is 0.130. The van der Waals surface area contributed by atoms with Crippen molar-refractivity contribution >= 4 is 32.5 Å². The van der Waals surface area contributed by atoms with E-state index in [-0.39, 0.29) is 16.2 Å². The van der Waals surface area contributed by atoms with Crippen molar-refractivity contribution in [2.75, 3.05) is 31.6 Å². The smallest absolute Gasteiger partial charge is 0.255 e. The second kappa shape index (κ2) is 8.85. The number of carbonyl (C=O) groups excluding carboxylic acids is 1. The molecule has 1 fully saturated rings. The zero-order chi connectivity index (χ0) is 22.9. The molecule has 2 aromatic carbocycles. The van der Waals surface area contributed by atoms with Gasteiger partial charge in [0.1, 0.15) is 0 Å². The number of carbonyl (C=O) groups is 1. The number of benzene rings is 2. The summed E-state index contributed by atoms with van der Waals surface area (Å²) in [5.41, 5.74) is 2.34. The van der Waals surface area contributed by atoms with Crippen molar-refractivity contribution in [3.05, 3.63) is 70.0 Å². The first-order valence-corrected chi connectivity index (χ1v) is 11.9. The van der Waals surface area contributed by atoms with Gasteiger partial charge in [-0.25, -0.2) is 8.42 Å². The number of hydrogen-bond acceptors (Lipinski definition) is 5. The Balaban J connectivity index is 1.55. The van der Waals surface area contributed by atoms with Gasteiger partial charge in [-0.15, -0.1) is 0 Å². The summed E-state index contributed by atoms with van der Waals surface area (Å²) in [6.45, 7) is 6.00. The summed E-state index contributed by atoms with van der Waals surface area (Å²) in [6, 6.07) is 12.7. The third kappa shape index (κ3) is 4.19. The van der Waals surface area contributed by atoms with Crippen LogP contribution in [0.2, 0.25) is 0 Å². The van der Waals surface area contributed by atoms with E-state index < -0.39 is 10.0 Å². The Bertz CT molecular complexity index is 1320. The number of aromatic nitrogens is 1. The molecule has 1 N–H and O–H groups in total. The highest BCUT2D eigenvalue weighted by molar-refractivity contribution is 7.89. The van der Waals surface area contributed by atoms with Crippen molar-refractivity contribution in [3.8, 4) is 0 Å². The van der Waals surface area contributed by atoms with Gasteiger partial charge in [-0.3, -0.25) is 9.59 Å². The van der Waals surface area contributed by atoms with E-state index in [4.69, 9.17) is 4.74 Å². The Labute approximate surface area is 186 Å². The van der Waals surface area contributed by atoms with Gasteiger partial charge in [-0.05, 0) is 56.3 Å². The second-order valence-electron chi connectivity index (χ2n) is 7.62. The molecule has 1 aromatic heterocycles. The maximum atomic E-state index is 12.8. The predicted octanol–water partition coefficient (Wildman–Crippen LogP) is 2.60. The van der Waals surface area contributed by atoms with Crippen molar-refractivity contribution in [2.45, 2.75) is 25.3 Å². The number of nitrogens with one attached hydrogen (secondary N) is 1. The van der Waals surface area contributed by atoms with Gasteiger partial charge in [0.05, 0.1) is 23.6 Å². The SMILES string of the molecule is CCn1c(C)cc(=O)c2cc(C(=O)Nc3ccc(S(=O)(=O)N4CCOCC4)cc3)ccc21. The number of nitrogens with zero attached hydrogens (tertiary/aromatic N) is 2. The van der Waals surface area contributed by atoms with Gasteiger partial charge in [0, 0.05) is 48.0 Å². The van der Waals surface area contributed by atoms with Gasteiger partial charge in [0.25, 0.3) is 5.91 Å². The lowest BCUT2D eigenvalue weighted by atomic mass is 10.1.